The summed E-state index contributed by atoms with van der Waals surface area (Å²) in [6, 6.07) is 7.92. The zero-order valence-electron chi connectivity index (χ0n) is 14.6. The molecule has 1 N–H and O–H groups in total. The number of thioether (sulfide) groups is 1. The molecular formula is C18H26N2O3S2. The number of carbonyl (C=O) groups is 1. The van der Waals surface area contributed by atoms with Crippen LogP contribution in [0.25, 0.3) is 0 Å². The molecule has 1 aliphatic carbocycles. The van der Waals surface area contributed by atoms with Crippen LogP contribution >= 0.6 is 11.8 Å². The minimum Gasteiger partial charge on any atom is -0.325 e. The van der Waals surface area contributed by atoms with Crippen molar-refractivity contribution in [2.75, 3.05) is 24.7 Å². The predicted molar refractivity (Wildman–Crippen MR) is 102 cm³/mol. The molecule has 1 aromatic carbocycles. The van der Waals surface area contributed by atoms with Crippen LogP contribution in [0.5, 0.6) is 0 Å². The molecule has 2 fully saturated rings. The Kier molecular flexibility index (Phi) is 6.07. The number of sulfonamides is 1. The Morgan fingerprint density at radius 1 is 1.16 bits per heavy atom. The quantitative estimate of drug-likeness (QED) is 0.848. The summed E-state index contributed by atoms with van der Waals surface area (Å²) in [6.07, 6.45) is 7.71. The van der Waals surface area contributed by atoms with Gasteiger partial charge in [-0.3, -0.25) is 4.79 Å². The number of amides is 1. The lowest BCUT2D eigenvalue weighted by Gasteiger charge is -2.30. The number of rotatable bonds is 5. The zero-order chi connectivity index (χ0) is 17.9. The van der Waals surface area contributed by atoms with Crippen molar-refractivity contribution < 1.29 is 13.2 Å². The second-order valence-corrected chi connectivity index (χ2v) is 10.3. The standard InChI is InChI=1S/C18H26N2O3S2/c1-25(22,23)20-12-6-7-14(13-20)18(21)19-16-10-4-5-11-17(16)24-15-8-2-3-9-15/h4-5,10-11,14-15H,2-3,6-9,12-13H2,1H3,(H,19,21). The molecule has 5 nitrogen and oxygen atoms in total. The highest BCUT2D eigenvalue weighted by atomic mass is 32.2. The molecule has 1 aliphatic heterocycles. The number of para-hydroxylation sites is 1. The maximum absolute atomic E-state index is 12.7. The first kappa shape index (κ1) is 18.7. The van der Waals surface area contributed by atoms with Gasteiger partial charge in [-0.15, -0.1) is 11.8 Å². The summed E-state index contributed by atoms with van der Waals surface area (Å²) in [5, 5.41) is 3.68. The lowest BCUT2D eigenvalue weighted by molar-refractivity contribution is -0.120. The molecule has 2 aliphatic rings. The fraction of sp³-hybridized carbons (Fsp3) is 0.611. The summed E-state index contributed by atoms with van der Waals surface area (Å²) >= 11 is 1.85. The van der Waals surface area contributed by atoms with Crippen molar-refractivity contribution in [3.63, 3.8) is 0 Å². The summed E-state index contributed by atoms with van der Waals surface area (Å²) < 4.78 is 24.9. The van der Waals surface area contributed by atoms with Crippen LogP contribution < -0.4 is 5.32 Å². The number of carbonyl (C=O) groups excluding carboxylic acids is 1. The summed E-state index contributed by atoms with van der Waals surface area (Å²) in [5.74, 6) is -0.360. The summed E-state index contributed by atoms with van der Waals surface area (Å²) in [6.45, 7) is 0.791. The monoisotopic (exact) mass is 382 g/mol. The van der Waals surface area contributed by atoms with E-state index in [4.69, 9.17) is 0 Å². The first-order valence-electron chi connectivity index (χ1n) is 8.95. The molecule has 25 heavy (non-hydrogen) atoms. The summed E-state index contributed by atoms with van der Waals surface area (Å²) in [5.41, 5.74) is 0.848. The number of piperidine rings is 1. The van der Waals surface area contributed by atoms with Crippen LogP contribution in [-0.4, -0.2) is 43.2 Å². The van der Waals surface area contributed by atoms with Crippen molar-refractivity contribution in [2.45, 2.75) is 48.7 Å². The van der Waals surface area contributed by atoms with Gasteiger partial charge in [0.05, 0.1) is 17.9 Å². The Bertz CT molecular complexity index is 715. The van der Waals surface area contributed by atoms with Gasteiger partial charge in [0.25, 0.3) is 0 Å². The highest BCUT2D eigenvalue weighted by Crippen LogP contribution is 2.38. The molecule has 138 valence electrons. The van der Waals surface area contributed by atoms with Crippen molar-refractivity contribution >= 4 is 33.4 Å². The van der Waals surface area contributed by atoms with E-state index in [9.17, 15) is 13.2 Å². The van der Waals surface area contributed by atoms with Gasteiger partial charge in [-0.1, -0.05) is 25.0 Å². The van der Waals surface area contributed by atoms with E-state index in [1.54, 1.807) is 0 Å². The van der Waals surface area contributed by atoms with Gasteiger partial charge in [-0.05, 0) is 37.8 Å². The lowest BCUT2D eigenvalue weighted by atomic mass is 9.99. The zero-order valence-corrected chi connectivity index (χ0v) is 16.2. The first-order valence-corrected chi connectivity index (χ1v) is 11.7. The van der Waals surface area contributed by atoms with Crippen molar-refractivity contribution in [3.05, 3.63) is 24.3 Å². The van der Waals surface area contributed by atoms with Crippen molar-refractivity contribution in [2.24, 2.45) is 5.92 Å². The topological polar surface area (TPSA) is 66.5 Å². The molecule has 7 heteroatoms. The minimum absolute atomic E-state index is 0.0761. The largest absolute Gasteiger partial charge is 0.325 e. The normalized spacial score (nSPS) is 22.8. The molecule has 1 aromatic rings. The lowest BCUT2D eigenvalue weighted by Crippen LogP contribution is -2.43. The van der Waals surface area contributed by atoms with Crippen LogP contribution in [0.15, 0.2) is 29.2 Å². The Morgan fingerprint density at radius 2 is 1.88 bits per heavy atom. The van der Waals surface area contributed by atoms with Crippen LogP contribution in [0, 0.1) is 5.92 Å². The van der Waals surface area contributed by atoms with Crippen LogP contribution in [0.3, 0.4) is 0 Å². The van der Waals surface area contributed by atoms with E-state index in [1.807, 2.05) is 30.0 Å². The van der Waals surface area contributed by atoms with E-state index in [1.165, 1.54) is 36.2 Å². The van der Waals surface area contributed by atoms with Gasteiger partial charge in [-0.25, -0.2) is 12.7 Å². The third-order valence-corrected chi connectivity index (χ3v) is 7.65. The second kappa shape index (κ2) is 8.10. The molecule has 3 rings (SSSR count). The van der Waals surface area contributed by atoms with E-state index >= 15 is 0 Å². The Morgan fingerprint density at radius 3 is 2.60 bits per heavy atom. The highest BCUT2D eigenvalue weighted by Gasteiger charge is 2.30. The van der Waals surface area contributed by atoms with E-state index < -0.39 is 10.0 Å². The molecule has 0 aromatic heterocycles. The van der Waals surface area contributed by atoms with Gasteiger partial charge < -0.3 is 5.32 Å². The summed E-state index contributed by atoms with van der Waals surface area (Å²) in [4.78, 5) is 13.8. The molecule has 0 spiro atoms. The van der Waals surface area contributed by atoms with Crippen molar-refractivity contribution in [1.29, 1.82) is 0 Å². The van der Waals surface area contributed by atoms with Gasteiger partial charge in [0, 0.05) is 23.2 Å². The van der Waals surface area contributed by atoms with Gasteiger partial charge in [-0.2, -0.15) is 0 Å². The van der Waals surface area contributed by atoms with Crippen LogP contribution in [0.2, 0.25) is 0 Å². The number of nitrogens with zero attached hydrogens (tertiary/aromatic N) is 1. The third-order valence-electron chi connectivity index (χ3n) is 4.96. The molecule has 1 heterocycles. The number of hydrogen-bond acceptors (Lipinski definition) is 4. The number of hydrogen-bond donors (Lipinski definition) is 1. The highest BCUT2D eigenvalue weighted by molar-refractivity contribution is 8.00. The fourth-order valence-electron chi connectivity index (χ4n) is 3.55. The van der Waals surface area contributed by atoms with E-state index in [2.05, 4.69) is 11.4 Å². The molecule has 1 atom stereocenters. The number of anilines is 1. The van der Waals surface area contributed by atoms with Crippen LogP contribution in [-0.2, 0) is 14.8 Å². The molecule has 1 amide bonds. The van der Waals surface area contributed by atoms with E-state index in [0.717, 1.165) is 23.4 Å². The van der Waals surface area contributed by atoms with Crippen molar-refractivity contribution in [3.8, 4) is 0 Å². The van der Waals surface area contributed by atoms with E-state index in [0.29, 0.717) is 11.8 Å². The van der Waals surface area contributed by atoms with Crippen LogP contribution in [0.4, 0.5) is 5.69 Å². The smallest absolute Gasteiger partial charge is 0.228 e. The van der Waals surface area contributed by atoms with Gasteiger partial charge >= 0.3 is 0 Å². The minimum atomic E-state index is -3.24. The Labute approximate surface area is 154 Å². The third kappa shape index (κ3) is 4.99. The maximum atomic E-state index is 12.7. The average Bonchev–Trinajstić information content (AvgIpc) is 3.09. The molecule has 1 saturated heterocycles. The van der Waals surface area contributed by atoms with E-state index in [-0.39, 0.29) is 18.4 Å². The van der Waals surface area contributed by atoms with Gasteiger partial charge in [0.1, 0.15) is 0 Å². The van der Waals surface area contributed by atoms with Crippen molar-refractivity contribution in [1.82, 2.24) is 4.31 Å². The Hall–Kier alpha value is -1.05. The molecule has 0 radical (unpaired) electrons. The Balaban J connectivity index is 1.66. The van der Waals surface area contributed by atoms with Gasteiger partial charge in [0.15, 0.2) is 0 Å². The predicted octanol–water partition coefficient (Wildman–Crippen LogP) is 3.33. The number of benzene rings is 1. The molecule has 0 bridgehead atoms. The summed E-state index contributed by atoms with van der Waals surface area (Å²) in [7, 11) is -3.24. The fourth-order valence-corrected chi connectivity index (χ4v) is 5.79. The second-order valence-electron chi connectivity index (χ2n) is 6.97. The molecule has 1 unspecified atom stereocenters. The van der Waals surface area contributed by atoms with Gasteiger partial charge in [0.2, 0.25) is 15.9 Å². The van der Waals surface area contributed by atoms with Crippen LogP contribution in [0.1, 0.15) is 38.5 Å². The number of nitrogens with one attached hydrogen (secondary N) is 1. The SMILES string of the molecule is CS(=O)(=O)N1CCCC(C(=O)Nc2ccccc2SC2CCCC2)C1. The maximum Gasteiger partial charge on any atom is 0.228 e. The first-order chi connectivity index (χ1) is 11.9. The average molecular weight is 383 g/mol. The molecular weight excluding hydrogens is 356 g/mol. The molecule has 1 saturated carbocycles.